The van der Waals surface area contributed by atoms with E-state index in [0.717, 1.165) is 17.5 Å². The van der Waals surface area contributed by atoms with E-state index >= 15 is 0 Å². The van der Waals surface area contributed by atoms with Crippen LogP contribution in [0.3, 0.4) is 0 Å². The summed E-state index contributed by atoms with van der Waals surface area (Å²) in [6.07, 6.45) is 0. The van der Waals surface area contributed by atoms with Crippen LogP contribution in [0.2, 0.25) is 0 Å². The van der Waals surface area contributed by atoms with E-state index in [4.69, 9.17) is 0 Å². The predicted octanol–water partition coefficient (Wildman–Crippen LogP) is 3.69. The first-order chi connectivity index (χ1) is 8.97. The van der Waals surface area contributed by atoms with Gasteiger partial charge in [0.2, 0.25) is 0 Å². The Morgan fingerprint density at radius 1 is 1.32 bits per heavy atom. The maximum absolute atomic E-state index is 13.1. The molecular weight excluding hydrogens is 265 g/mol. The van der Waals surface area contributed by atoms with Crippen molar-refractivity contribution in [3.05, 3.63) is 53.0 Å². The molecule has 1 aromatic carbocycles. The minimum Gasteiger partial charge on any atom is -0.478 e. The van der Waals surface area contributed by atoms with Gasteiger partial charge in [0.05, 0.1) is 5.56 Å². The summed E-state index contributed by atoms with van der Waals surface area (Å²) >= 11 is 1.15. The van der Waals surface area contributed by atoms with Crippen LogP contribution < -0.4 is 0 Å². The standard InChI is InChI=1S/C14H12FNO2S/c1-8-6-9(2)16-13(12(8)14(17)18)19-11-5-3-4-10(15)7-11/h3-7H,1-2H3,(H,17,18). The Morgan fingerprint density at radius 2 is 2.05 bits per heavy atom. The number of aryl methyl sites for hydroxylation is 2. The number of pyridine rings is 1. The van der Waals surface area contributed by atoms with Gasteiger partial charge in [-0.2, -0.15) is 0 Å². The molecule has 19 heavy (non-hydrogen) atoms. The summed E-state index contributed by atoms with van der Waals surface area (Å²) in [7, 11) is 0. The molecule has 2 aromatic rings. The van der Waals surface area contributed by atoms with Crippen LogP contribution in [0.4, 0.5) is 4.39 Å². The molecule has 0 fully saturated rings. The number of benzene rings is 1. The number of rotatable bonds is 3. The van der Waals surface area contributed by atoms with E-state index in [9.17, 15) is 14.3 Å². The van der Waals surface area contributed by atoms with Gasteiger partial charge in [-0.25, -0.2) is 14.2 Å². The zero-order valence-corrected chi connectivity index (χ0v) is 11.3. The fourth-order valence-corrected chi connectivity index (χ4v) is 2.86. The molecule has 0 aliphatic rings. The first-order valence-electron chi connectivity index (χ1n) is 5.62. The zero-order valence-electron chi connectivity index (χ0n) is 10.5. The van der Waals surface area contributed by atoms with Gasteiger partial charge >= 0.3 is 5.97 Å². The van der Waals surface area contributed by atoms with Crippen molar-refractivity contribution in [3.63, 3.8) is 0 Å². The van der Waals surface area contributed by atoms with Crippen LogP contribution in [0.1, 0.15) is 21.6 Å². The highest BCUT2D eigenvalue weighted by molar-refractivity contribution is 7.99. The molecule has 0 unspecified atom stereocenters. The largest absolute Gasteiger partial charge is 0.478 e. The van der Waals surface area contributed by atoms with Gasteiger partial charge in [-0.3, -0.25) is 0 Å². The lowest BCUT2D eigenvalue weighted by Gasteiger charge is -2.09. The summed E-state index contributed by atoms with van der Waals surface area (Å²) in [5, 5.41) is 9.63. The lowest BCUT2D eigenvalue weighted by molar-refractivity contribution is 0.0691. The van der Waals surface area contributed by atoms with Gasteiger partial charge in [-0.15, -0.1) is 0 Å². The first-order valence-corrected chi connectivity index (χ1v) is 6.44. The topological polar surface area (TPSA) is 50.2 Å². The molecule has 0 aliphatic carbocycles. The summed E-state index contributed by atoms with van der Waals surface area (Å²) in [6, 6.07) is 7.73. The maximum Gasteiger partial charge on any atom is 0.338 e. The molecule has 1 heterocycles. The summed E-state index contributed by atoms with van der Waals surface area (Å²) in [6.45, 7) is 3.53. The first kappa shape index (κ1) is 13.5. The molecule has 0 spiro atoms. The molecule has 1 aromatic heterocycles. The number of carboxylic acids is 1. The number of carboxylic acid groups (broad SMARTS) is 1. The Hall–Kier alpha value is -1.88. The zero-order chi connectivity index (χ0) is 14.0. The number of carbonyl (C=O) groups is 1. The van der Waals surface area contributed by atoms with E-state index in [1.54, 1.807) is 32.0 Å². The van der Waals surface area contributed by atoms with Crippen molar-refractivity contribution < 1.29 is 14.3 Å². The molecule has 0 aliphatic heterocycles. The Kier molecular flexibility index (Phi) is 3.85. The molecule has 0 radical (unpaired) electrons. The highest BCUT2D eigenvalue weighted by atomic mass is 32.2. The van der Waals surface area contributed by atoms with Crippen LogP contribution in [0.5, 0.6) is 0 Å². The second-order valence-electron chi connectivity index (χ2n) is 4.13. The average molecular weight is 277 g/mol. The van der Waals surface area contributed by atoms with Crippen LogP contribution in [0, 0.1) is 19.7 Å². The van der Waals surface area contributed by atoms with Crippen LogP contribution in [0.15, 0.2) is 40.3 Å². The van der Waals surface area contributed by atoms with Crippen LogP contribution in [-0.2, 0) is 0 Å². The molecule has 1 N–H and O–H groups in total. The average Bonchev–Trinajstić information content (AvgIpc) is 2.26. The predicted molar refractivity (Wildman–Crippen MR) is 71.2 cm³/mol. The van der Waals surface area contributed by atoms with Gasteiger partial charge in [-0.05, 0) is 43.7 Å². The Balaban J connectivity index is 2.47. The normalized spacial score (nSPS) is 10.5. The van der Waals surface area contributed by atoms with Crippen molar-refractivity contribution in [2.75, 3.05) is 0 Å². The molecule has 0 saturated carbocycles. The number of aromatic nitrogens is 1. The van der Waals surface area contributed by atoms with Crippen LogP contribution in [0.25, 0.3) is 0 Å². The summed E-state index contributed by atoms with van der Waals surface area (Å²) in [5.74, 6) is -1.38. The molecular formula is C14H12FNO2S. The van der Waals surface area contributed by atoms with Crippen molar-refractivity contribution in [1.82, 2.24) is 4.98 Å². The molecule has 0 bridgehead atoms. The molecule has 0 saturated heterocycles. The quantitative estimate of drug-likeness (QED) is 0.929. The van der Waals surface area contributed by atoms with Crippen LogP contribution in [-0.4, -0.2) is 16.1 Å². The lowest BCUT2D eigenvalue weighted by atomic mass is 10.1. The van der Waals surface area contributed by atoms with Crippen molar-refractivity contribution in [2.24, 2.45) is 0 Å². The highest BCUT2D eigenvalue weighted by Gasteiger charge is 2.16. The van der Waals surface area contributed by atoms with Crippen LogP contribution >= 0.6 is 11.8 Å². The molecule has 5 heteroatoms. The Labute approximate surface area is 114 Å². The monoisotopic (exact) mass is 277 g/mol. The fourth-order valence-electron chi connectivity index (χ4n) is 1.78. The van der Waals surface area contributed by atoms with E-state index in [1.807, 2.05) is 0 Å². The Bertz CT molecular complexity index is 643. The lowest BCUT2D eigenvalue weighted by Crippen LogP contribution is -2.05. The smallest absolute Gasteiger partial charge is 0.338 e. The number of halogens is 1. The van der Waals surface area contributed by atoms with E-state index < -0.39 is 5.97 Å². The second kappa shape index (κ2) is 5.40. The van der Waals surface area contributed by atoms with Gasteiger partial charge in [-0.1, -0.05) is 17.8 Å². The molecule has 98 valence electrons. The minimum atomic E-state index is -1.02. The molecule has 2 rings (SSSR count). The third-order valence-corrected chi connectivity index (χ3v) is 3.51. The summed E-state index contributed by atoms with van der Waals surface area (Å²) < 4.78 is 13.1. The SMILES string of the molecule is Cc1cc(C)c(C(=O)O)c(Sc2cccc(F)c2)n1. The highest BCUT2D eigenvalue weighted by Crippen LogP contribution is 2.31. The van der Waals surface area contributed by atoms with Gasteiger partial charge < -0.3 is 5.11 Å². The third-order valence-electron chi connectivity index (χ3n) is 2.54. The second-order valence-corrected chi connectivity index (χ2v) is 5.19. The maximum atomic E-state index is 13.1. The summed E-state index contributed by atoms with van der Waals surface area (Å²) in [5.41, 5.74) is 1.56. The van der Waals surface area contributed by atoms with Crippen molar-refractivity contribution in [3.8, 4) is 0 Å². The van der Waals surface area contributed by atoms with E-state index in [-0.39, 0.29) is 11.4 Å². The van der Waals surface area contributed by atoms with E-state index in [1.165, 1.54) is 12.1 Å². The van der Waals surface area contributed by atoms with Gasteiger partial charge in [0.1, 0.15) is 10.8 Å². The minimum absolute atomic E-state index is 0.167. The van der Waals surface area contributed by atoms with E-state index in [2.05, 4.69) is 4.98 Å². The number of hydrogen-bond donors (Lipinski definition) is 1. The van der Waals surface area contributed by atoms with Crippen molar-refractivity contribution in [1.29, 1.82) is 0 Å². The van der Waals surface area contributed by atoms with Crippen molar-refractivity contribution in [2.45, 2.75) is 23.8 Å². The fraction of sp³-hybridized carbons (Fsp3) is 0.143. The van der Waals surface area contributed by atoms with Gasteiger partial charge in [0.25, 0.3) is 0 Å². The summed E-state index contributed by atoms with van der Waals surface area (Å²) in [4.78, 5) is 16.1. The molecule has 0 amide bonds. The third kappa shape index (κ3) is 3.12. The molecule has 3 nitrogen and oxygen atoms in total. The number of hydrogen-bond acceptors (Lipinski definition) is 3. The van der Waals surface area contributed by atoms with E-state index in [0.29, 0.717) is 15.5 Å². The number of nitrogens with zero attached hydrogens (tertiary/aromatic N) is 1. The van der Waals surface area contributed by atoms with Gasteiger partial charge in [0, 0.05) is 10.6 Å². The number of aromatic carboxylic acids is 1. The van der Waals surface area contributed by atoms with Crippen molar-refractivity contribution >= 4 is 17.7 Å². The Morgan fingerprint density at radius 3 is 2.68 bits per heavy atom. The molecule has 0 atom stereocenters. The van der Waals surface area contributed by atoms with Gasteiger partial charge in [0.15, 0.2) is 0 Å².